The molecule has 3 rings (SSSR count). The standard InChI is InChI=1S/C20H25FN2O3S2/c1-22-16(10-6-7-11-21)14-23(15-8-4-3-5-9-15)17-12-19(27-2)18(24)13-20(17)28(22,25)26/h3-5,8-9,12-13,16,24H,6-7,10-11,14H2,1-2H3. The molecule has 0 saturated carbocycles. The van der Waals surface area contributed by atoms with Gasteiger partial charge in [0.05, 0.1) is 17.3 Å². The van der Waals surface area contributed by atoms with E-state index in [1.165, 1.54) is 22.1 Å². The molecule has 0 saturated heterocycles. The van der Waals surface area contributed by atoms with Crippen LogP contribution in [-0.2, 0) is 10.0 Å². The molecule has 1 heterocycles. The number of benzene rings is 2. The molecule has 28 heavy (non-hydrogen) atoms. The van der Waals surface area contributed by atoms with Crippen LogP contribution in [0.2, 0.25) is 0 Å². The van der Waals surface area contributed by atoms with Gasteiger partial charge in [0.25, 0.3) is 0 Å². The first-order valence-electron chi connectivity index (χ1n) is 9.17. The SMILES string of the molecule is CSc1cc2c(cc1O)S(=O)(=O)N(C)C(CCCCF)CN2c1ccccc1. The van der Waals surface area contributed by atoms with E-state index in [0.29, 0.717) is 36.4 Å². The van der Waals surface area contributed by atoms with Crippen molar-refractivity contribution in [3.8, 4) is 5.75 Å². The number of sulfonamides is 1. The Kier molecular flexibility index (Phi) is 6.52. The molecule has 0 bridgehead atoms. The maximum absolute atomic E-state index is 13.3. The molecule has 5 nitrogen and oxygen atoms in total. The Labute approximate surface area is 170 Å². The van der Waals surface area contributed by atoms with Gasteiger partial charge in [-0.1, -0.05) is 18.2 Å². The van der Waals surface area contributed by atoms with Crippen LogP contribution < -0.4 is 4.90 Å². The largest absolute Gasteiger partial charge is 0.507 e. The molecule has 152 valence electrons. The Balaban J connectivity index is 2.17. The number of rotatable bonds is 6. The van der Waals surface area contributed by atoms with Gasteiger partial charge in [0.15, 0.2) is 0 Å². The van der Waals surface area contributed by atoms with Crippen LogP contribution in [0.25, 0.3) is 0 Å². The van der Waals surface area contributed by atoms with Crippen LogP contribution in [0.5, 0.6) is 5.75 Å². The fourth-order valence-corrected chi connectivity index (χ4v) is 5.56. The maximum Gasteiger partial charge on any atom is 0.245 e. The number of phenols is 1. The van der Waals surface area contributed by atoms with E-state index in [-0.39, 0.29) is 16.7 Å². The summed E-state index contributed by atoms with van der Waals surface area (Å²) in [5, 5.41) is 10.3. The minimum absolute atomic E-state index is 0.0490. The zero-order chi connectivity index (χ0) is 20.3. The Morgan fingerprint density at radius 3 is 2.57 bits per heavy atom. The average Bonchev–Trinajstić information content (AvgIpc) is 2.77. The fourth-order valence-electron chi connectivity index (χ4n) is 3.49. The van der Waals surface area contributed by atoms with E-state index in [4.69, 9.17) is 0 Å². The number of alkyl halides is 1. The van der Waals surface area contributed by atoms with Gasteiger partial charge in [-0.3, -0.25) is 4.39 Å². The maximum atomic E-state index is 13.3. The Bertz CT molecular complexity index is 923. The molecule has 8 heteroatoms. The summed E-state index contributed by atoms with van der Waals surface area (Å²) in [4.78, 5) is 2.69. The second-order valence-electron chi connectivity index (χ2n) is 6.80. The lowest BCUT2D eigenvalue weighted by Gasteiger charge is -2.29. The molecule has 1 N–H and O–H groups in total. The monoisotopic (exact) mass is 424 g/mol. The molecule has 1 unspecified atom stereocenters. The molecular formula is C20H25FN2O3S2. The van der Waals surface area contributed by atoms with Gasteiger partial charge >= 0.3 is 0 Å². The number of para-hydroxylation sites is 1. The normalized spacial score (nSPS) is 19.2. The number of nitrogens with zero attached hydrogens (tertiary/aromatic N) is 2. The van der Waals surface area contributed by atoms with E-state index < -0.39 is 16.7 Å². The minimum Gasteiger partial charge on any atom is -0.507 e. The summed E-state index contributed by atoms with van der Waals surface area (Å²) in [5.74, 6) is -0.0490. The number of halogens is 1. The van der Waals surface area contributed by atoms with Crippen molar-refractivity contribution < 1.29 is 17.9 Å². The number of anilines is 2. The molecule has 0 radical (unpaired) electrons. The molecule has 0 aromatic heterocycles. The topological polar surface area (TPSA) is 60.9 Å². The van der Waals surface area contributed by atoms with Gasteiger partial charge in [-0.25, -0.2) is 8.42 Å². The second kappa shape index (κ2) is 8.71. The number of unbranched alkanes of at least 4 members (excludes halogenated alkanes) is 1. The number of phenolic OH excluding ortho intramolecular Hbond substituents is 1. The molecule has 0 spiro atoms. The Hall–Kier alpha value is -1.77. The summed E-state index contributed by atoms with van der Waals surface area (Å²) in [6, 6.07) is 12.4. The summed E-state index contributed by atoms with van der Waals surface area (Å²) >= 11 is 1.36. The highest BCUT2D eigenvalue weighted by Crippen LogP contribution is 2.42. The number of thioether (sulfide) groups is 1. The molecule has 0 fully saturated rings. The third-order valence-corrected chi connectivity index (χ3v) is 7.81. The predicted octanol–water partition coefficient (Wildman–Crippen LogP) is 4.39. The Morgan fingerprint density at radius 2 is 1.93 bits per heavy atom. The van der Waals surface area contributed by atoms with Crippen LogP contribution in [0.15, 0.2) is 52.3 Å². The van der Waals surface area contributed by atoms with Gasteiger partial charge in [-0.05, 0) is 43.7 Å². The van der Waals surface area contributed by atoms with Crippen molar-refractivity contribution in [1.82, 2.24) is 4.31 Å². The number of likely N-dealkylation sites (N-methyl/N-ethyl adjacent to an activating group) is 1. The first-order chi connectivity index (χ1) is 13.4. The summed E-state index contributed by atoms with van der Waals surface area (Å²) in [7, 11) is -2.24. The van der Waals surface area contributed by atoms with Crippen LogP contribution >= 0.6 is 11.8 Å². The molecule has 1 atom stereocenters. The van der Waals surface area contributed by atoms with Crippen molar-refractivity contribution in [3.05, 3.63) is 42.5 Å². The number of hydrogen-bond donors (Lipinski definition) is 1. The van der Waals surface area contributed by atoms with Crippen LogP contribution in [0.1, 0.15) is 19.3 Å². The van der Waals surface area contributed by atoms with Crippen LogP contribution in [0.4, 0.5) is 15.8 Å². The van der Waals surface area contributed by atoms with Crippen molar-refractivity contribution >= 4 is 33.2 Å². The van der Waals surface area contributed by atoms with Gasteiger partial charge in [0, 0.05) is 31.4 Å². The highest BCUT2D eigenvalue weighted by Gasteiger charge is 2.37. The average molecular weight is 425 g/mol. The van der Waals surface area contributed by atoms with E-state index in [1.807, 2.05) is 41.5 Å². The first kappa shape index (κ1) is 21.0. The van der Waals surface area contributed by atoms with Crippen molar-refractivity contribution in [2.45, 2.75) is 35.1 Å². The van der Waals surface area contributed by atoms with Crippen molar-refractivity contribution in [2.24, 2.45) is 0 Å². The lowest BCUT2D eigenvalue weighted by molar-refractivity contribution is 0.341. The van der Waals surface area contributed by atoms with Gasteiger partial charge < -0.3 is 10.0 Å². The highest BCUT2D eigenvalue weighted by molar-refractivity contribution is 7.98. The summed E-state index contributed by atoms with van der Waals surface area (Å²) < 4.78 is 40.6. The number of hydrogen-bond acceptors (Lipinski definition) is 5. The van der Waals surface area contributed by atoms with Gasteiger partial charge in [-0.15, -0.1) is 11.8 Å². The zero-order valence-electron chi connectivity index (χ0n) is 16.0. The van der Waals surface area contributed by atoms with Gasteiger partial charge in [-0.2, -0.15) is 4.31 Å². The first-order valence-corrected chi connectivity index (χ1v) is 11.8. The van der Waals surface area contributed by atoms with E-state index in [9.17, 15) is 17.9 Å². The summed E-state index contributed by atoms with van der Waals surface area (Å²) in [6.07, 6.45) is 3.44. The quantitative estimate of drug-likeness (QED) is 0.550. The van der Waals surface area contributed by atoms with Crippen LogP contribution in [0, 0.1) is 0 Å². The number of fused-ring (bicyclic) bond motifs is 1. The third-order valence-electron chi connectivity index (χ3n) is 5.10. The van der Waals surface area contributed by atoms with Gasteiger partial charge in [0.2, 0.25) is 10.0 Å². The van der Waals surface area contributed by atoms with E-state index in [2.05, 4.69) is 0 Å². The van der Waals surface area contributed by atoms with E-state index in [1.54, 1.807) is 13.1 Å². The van der Waals surface area contributed by atoms with E-state index >= 15 is 0 Å². The number of aromatic hydroxyl groups is 1. The van der Waals surface area contributed by atoms with E-state index in [0.717, 1.165) is 5.69 Å². The summed E-state index contributed by atoms with van der Waals surface area (Å²) in [6.45, 7) is 0.0500. The molecule has 2 aromatic rings. The highest BCUT2D eigenvalue weighted by atomic mass is 32.2. The summed E-state index contributed by atoms with van der Waals surface area (Å²) in [5.41, 5.74) is 1.43. The van der Waals surface area contributed by atoms with Crippen LogP contribution in [-0.4, -0.2) is 50.4 Å². The molecule has 1 aliphatic rings. The van der Waals surface area contributed by atoms with Crippen molar-refractivity contribution in [3.63, 3.8) is 0 Å². The van der Waals surface area contributed by atoms with Crippen molar-refractivity contribution in [2.75, 3.05) is 31.4 Å². The molecule has 0 aliphatic carbocycles. The third kappa shape index (κ3) is 3.99. The van der Waals surface area contributed by atoms with Gasteiger partial charge in [0.1, 0.15) is 10.6 Å². The lowest BCUT2D eigenvalue weighted by atomic mass is 10.1. The van der Waals surface area contributed by atoms with Crippen LogP contribution in [0.3, 0.4) is 0 Å². The predicted molar refractivity (Wildman–Crippen MR) is 112 cm³/mol. The molecule has 1 aliphatic heterocycles. The minimum atomic E-state index is -3.80. The zero-order valence-corrected chi connectivity index (χ0v) is 17.6. The molecule has 2 aromatic carbocycles. The van der Waals surface area contributed by atoms with Crippen molar-refractivity contribution in [1.29, 1.82) is 0 Å². The second-order valence-corrected chi connectivity index (χ2v) is 9.61. The fraction of sp³-hybridized carbons (Fsp3) is 0.400. The molecular weight excluding hydrogens is 399 g/mol. The smallest absolute Gasteiger partial charge is 0.245 e. The molecule has 0 amide bonds. The lowest BCUT2D eigenvalue weighted by Crippen LogP contribution is -2.40. The Morgan fingerprint density at radius 1 is 1.21 bits per heavy atom.